The van der Waals surface area contributed by atoms with Gasteiger partial charge in [0.25, 0.3) is 0 Å². The van der Waals surface area contributed by atoms with Gasteiger partial charge in [-0.2, -0.15) is 0 Å². The third kappa shape index (κ3) is 22.3. The van der Waals surface area contributed by atoms with E-state index in [1.165, 1.54) is 5.56 Å². The number of benzene rings is 2. The van der Waals surface area contributed by atoms with E-state index < -0.39 is 29.6 Å². The maximum absolute atomic E-state index is 11.5. The summed E-state index contributed by atoms with van der Waals surface area (Å²) in [6.07, 6.45) is 3.47. The highest BCUT2D eigenvalue weighted by atomic mass is 35.5. The molecule has 1 fully saturated rings. The summed E-state index contributed by atoms with van der Waals surface area (Å²) >= 11 is 12.5. The molecule has 4 rings (SSSR count). The topological polar surface area (TPSA) is 207 Å². The lowest BCUT2D eigenvalue weighted by Crippen LogP contribution is -2.46. The van der Waals surface area contributed by atoms with Gasteiger partial charge in [0.2, 0.25) is 5.91 Å². The molecule has 1 amide bonds. The smallest absolute Gasteiger partial charge is 0.494 e. The second-order valence-corrected chi connectivity index (χ2v) is 9.85. The third-order valence-electron chi connectivity index (χ3n) is 5.76. The molecule has 0 spiro atoms. The first kappa shape index (κ1) is 43.7. The van der Waals surface area contributed by atoms with E-state index in [1.807, 2.05) is 30.3 Å². The van der Waals surface area contributed by atoms with E-state index in [0.29, 0.717) is 23.1 Å². The maximum Gasteiger partial charge on any atom is 0.674 e. The van der Waals surface area contributed by atoms with Crippen molar-refractivity contribution in [3.05, 3.63) is 52.0 Å². The summed E-state index contributed by atoms with van der Waals surface area (Å²) in [5.74, 6) is 0.903. The van der Waals surface area contributed by atoms with Gasteiger partial charge in [0.05, 0.1) is 22.3 Å². The van der Waals surface area contributed by atoms with Gasteiger partial charge in [0, 0.05) is 44.4 Å². The quantitative estimate of drug-likeness (QED) is 0.110. The molecule has 13 nitrogen and oxygen atoms in total. The number of unbranched alkanes of at least 4 members (excludes halogenated alkanes) is 1. The standard InChI is InChI=1S/C23H27Cl2N3O2.4BFH2O2/c24-19-4-3-5-21(23(19)25)28-13-11-27(12-14-28)10-1-2-15-30-18-8-6-17-7-9-22(29)26-20(17)16-18;4*2-1(3)4/h3-6,8,16H,1-2,7,9-15H2,(H,26,29);4*3-4H. The molecule has 256 valence electrons. The van der Waals surface area contributed by atoms with Gasteiger partial charge in [-0.15, -0.1) is 0 Å². The van der Waals surface area contributed by atoms with Gasteiger partial charge < -0.3 is 55.1 Å². The van der Waals surface area contributed by atoms with Crippen molar-refractivity contribution in [1.29, 1.82) is 0 Å². The fraction of sp³-hybridized carbons (Fsp3) is 0.435. The van der Waals surface area contributed by atoms with Crippen LogP contribution in [0.25, 0.3) is 0 Å². The van der Waals surface area contributed by atoms with Crippen LogP contribution >= 0.6 is 23.2 Å². The summed E-state index contributed by atoms with van der Waals surface area (Å²) in [7, 11) is -10.7. The van der Waals surface area contributed by atoms with Crippen molar-refractivity contribution in [3.8, 4) is 5.75 Å². The minimum absolute atomic E-state index is 0.0809. The minimum atomic E-state index is -2.67. The summed E-state index contributed by atoms with van der Waals surface area (Å²) in [6, 6.07) is 11.8. The molecule has 2 aliphatic rings. The van der Waals surface area contributed by atoms with Crippen LogP contribution in [0.3, 0.4) is 0 Å². The molecule has 23 heteroatoms. The van der Waals surface area contributed by atoms with Crippen molar-refractivity contribution in [3.63, 3.8) is 0 Å². The van der Waals surface area contributed by atoms with Crippen LogP contribution in [0.2, 0.25) is 10.0 Å². The number of hydrogen-bond donors (Lipinski definition) is 9. The van der Waals surface area contributed by atoms with E-state index in [0.717, 1.165) is 69.1 Å². The predicted octanol–water partition coefficient (Wildman–Crippen LogP) is 0.561. The molecule has 2 aliphatic heterocycles. The number of carbonyl (C=O) groups is 1. The first-order valence-electron chi connectivity index (χ1n) is 13.5. The van der Waals surface area contributed by atoms with Gasteiger partial charge in [-0.3, -0.25) is 27.0 Å². The van der Waals surface area contributed by atoms with Crippen molar-refractivity contribution in [2.45, 2.75) is 25.7 Å². The SMILES string of the molecule is O=C1CCc2ccc(OCCCCN3CCN(c4cccc(Cl)c4Cl)CC3)cc2N1.OB(O)F.OB(O)F.OB(O)F.OB(O)F. The zero-order valence-corrected chi connectivity index (χ0v) is 25.9. The largest absolute Gasteiger partial charge is 0.674 e. The van der Waals surface area contributed by atoms with Crippen LogP contribution in [0, 0.1) is 0 Å². The number of nitrogens with zero attached hydrogens (tertiary/aromatic N) is 2. The van der Waals surface area contributed by atoms with E-state index in [2.05, 4.69) is 21.2 Å². The van der Waals surface area contributed by atoms with Crippen molar-refractivity contribution < 1.29 is 67.0 Å². The number of ether oxygens (including phenoxy) is 1. The number of carbonyl (C=O) groups excluding carboxylic acids is 1. The number of piperazine rings is 1. The molecule has 0 aliphatic carbocycles. The maximum atomic E-state index is 11.5. The summed E-state index contributed by atoms with van der Waals surface area (Å²) < 4.78 is 46.3. The van der Waals surface area contributed by atoms with E-state index in [4.69, 9.17) is 68.1 Å². The zero-order chi connectivity index (χ0) is 35.2. The second-order valence-electron chi connectivity index (χ2n) is 9.07. The number of rotatable bonds is 7. The van der Waals surface area contributed by atoms with Crippen LogP contribution in [0.15, 0.2) is 36.4 Å². The number of anilines is 2. The normalized spacial score (nSPS) is 13.3. The van der Waals surface area contributed by atoms with Crippen molar-refractivity contribution in [1.82, 2.24) is 4.90 Å². The van der Waals surface area contributed by atoms with Crippen LogP contribution in [0.5, 0.6) is 5.75 Å². The Balaban J connectivity index is 0.00000106. The van der Waals surface area contributed by atoms with E-state index in [9.17, 15) is 22.1 Å². The molecular formula is C23H35B4Cl2F4N3O10. The highest BCUT2D eigenvalue weighted by Crippen LogP contribution is 2.33. The fourth-order valence-electron chi connectivity index (χ4n) is 4.02. The zero-order valence-electron chi connectivity index (χ0n) is 24.4. The Morgan fingerprint density at radius 1 is 0.783 bits per heavy atom. The van der Waals surface area contributed by atoms with Gasteiger partial charge in [-0.05, 0) is 49.6 Å². The van der Waals surface area contributed by atoms with Crippen molar-refractivity contribution >= 4 is 70.1 Å². The van der Waals surface area contributed by atoms with Crippen LogP contribution in [-0.2, 0) is 11.2 Å². The Labute approximate surface area is 274 Å². The molecular weight excluding hydrogens is 668 g/mol. The third-order valence-corrected chi connectivity index (χ3v) is 6.57. The molecule has 0 atom stereocenters. The highest BCUT2D eigenvalue weighted by molar-refractivity contribution is 6.43. The Morgan fingerprint density at radius 2 is 1.33 bits per heavy atom. The van der Waals surface area contributed by atoms with Crippen LogP contribution < -0.4 is 15.0 Å². The molecule has 46 heavy (non-hydrogen) atoms. The monoisotopic (exact) mass is 703 g/mol. The molecule has 2 aromatic rings. The highest BCUT2D eigenvalue weighted by Gasteiger charge is 2.19. The average Bonchev–Trinajstić information content (AvgIpc) is 2.93. The molecule has 1 saturated heterocycles. The van der Waals surface area contributed by atoms with Crippen molar-refractivity contribution in [2.75, 3.05) is 49.5 Å². The molecule has 9 N–H and O–H groups in total. The Morgan fingerprint density at radius 3 is 1.87 bits per heavy atom. The van der Waals surface area contributed by atoms with Crippen molar-refractivity contribution in [2.24, 2.45) is 0 Å². The number of halogens is 6. The molecule has 0 saturated carbocycles. The number of nitrogens with one attached hydrogen (secondary N) is 1. The Hall–Kier alpha value is -2.29. The first-order valence-corrected chi connectivity index (χ1v) is 14.3. The fourth-order valence-corrected chi connectivity index (χ4v) is 4.43. The number of amides is 1. The Bertz CT molecular complexity index is 1100. The molecule has 0 bridgehead atoms. The summed E-state index contributed by atoms with van der Waals surface area (Å²) in [5.41, 5.74) is 3.10. The van der Waals surface area contributed by atoms with E-state index in [1.54, 1.807) is 0 Å². The van der Waals surface area contributed by atoms with Crippen LogP contribution in [0.1, 0.15) is 24.8 Å². The van der Waals surface area contributed by atoms with E-state index in [-0.39, 0.29) is 5.91 Å². The molecule has 2 aromatic carbocycles. The average molecular weight is 704 g/mol. The lowest BCUT2D eigenvalue weighted by Gasteiger charge is -2.36. The van der Waals surface area contributed by atoms with Gasteiger partial charge in [0.15, 0.2) is 0 Å². The molecule has 0 unspecified atom stereocenters. The molecule has 0 aromatic heterocycles. The molecule has 0 radical (unpaired) electrons. The number of hydrogen-bond acceptors (Lipinski definition) is 12. The van der Waals surface area contributed by atoms with Gasteiger partial charge >= 0.3 is 29.6 Å². The number of aryl methyl sites for hydroxylation is 1. The molecule has 2 heterocycles. The predicted molar refractivity (Wildman–Crippen MR) is 168 cm³/mol. The first-order chi connectivity index (χ1) is 21.5. The lowest BCUT2D eigenvalue weighted by atomic mass is 10.0. The number of fused-ring (bicyclic) bond motifs is 1. The summed E-state index contributed by atoms with van der Waals surface area (Å²) in [5, 5.41) is 59.7. The Kier molecular flexibility index (Phi) is 23.6. The van der Waals surface area contributed by atoms with Crippen LogP contribution in [0.4, 0.5) is 28.6 Å². The minimum Gasteiger partial charge on any atom is -0.494 e. The summed E-state index contributed by atoms with van der Waals surface area (Å²) in [4.78, 5) is 16.3. The second kappa shape index (κ2) is 24.8. The van der Waals surface area contributed by atoms with Gasteiger partial charge in [-0.1, -0.05) is 35.3 Å². The van der Waals surface area contributed by atoms with Gasteiger partial charge in [-0.25, -0.2) is 0 Å². The van der Waals surface area contributed by atoms with Gasteiger partial charge in [0.1, 0.15) is 5.75 Å². The lowest BCUT2D eigenvalue weighted by molar-refractivity contribution is -0.116. The van der Waals surface area contributed by atoms with Crippen LogP contribution in [-0.4, -0.2) is 120 Å². The van der Waals surface area contributed by atoms with E-state index >= 15 is 0 Å². The summed E-state index contributed by atoms with van der Waals surface area (Å²) in [6.45, 7) is 5.71.